The predicted molar refractivity (Wildman–Crippen MR) is 146 cm³/mol. The first-order chi connectivity index (χ1) is 21.4. The van der Waals surface area contributed by atoms with Crippen molar-refractivity contribution in [1.29, 1.82) is 0 Å². The first-order valence-corrected chi connectivity index (χ1v) is 13.6. The fraction of sp³-hybridized carbons (Fsp3) is 0.464. The Kier molecular flexibility index (Phi) is 9.38. The Hall–Kier alpha value is -3.75. The van der Waals surface area contributed by atoms with Crippen LogP contribution in [0, 0.1) is 0 Å². The Morgan fingerprint density at radius 1 is 0.756 bits per heavy atom. The lowest BCUT2D eigenvalue weighted by Crippen LogP contribution is -2.65. The summed E-state index contributed by atoms with van der Waals surface area (Å²) < 4.78 is 33.6. The molecule has 0 radical (unpaired) electrons. The molecular weight excluding hydrogens is 608 g/mol. The second-order valence-corrected chi connectivity index (χ2v) is 10.4. The van der Waals surface area contributed by atoms with Gasteiger partial charge in [-0.25, -0.2) is 0 Å². The number of rotatable bonds is 8. The minimum absolute atomic E-state index is 0.119. The van der Waals surface area contributed by atoms with Crippen molar-refractivity contribution in [3.8, 4) is 40.1 Å². The maximum atomic E-state index is 13.9. The van der Waals surface area contributed by atoms with Crippen LogP contribution in [-0.4, -0.2) is 133 Å². The van der Waals surface area contributed by atoms with E-state index in [1.807, 2.05) is 0 Å². The summed E-state index contributed by atoms with van der Waals surface area (Å²) >= 11 is 0. The molecule has 2 aliphatic rings. The standard InChI is InChI=1S/C28H32O17/c1-40-23-12(33)6-11(32)15-18(36)25(22(43-24(15)23)9-2-4-10(31)5-3-9)44-28-26(20(38)17(35)14(8-30)42-28)45-27-21(39)19(37)16(34)13(7-29)41-27/h2-6,13-14,16-17,19-21,26-35,37-39H,7-8H2,1H3/t13-,14-,16-,17-,19+,20+,21-,26-,27-,28+/m1/s1. The molecule has 0 spiro atoms. The van der Waals surface area contributed by atoms with E-state index in [0.29, 0.717) is 0 Å². The van der Waals surface area contributed by atoms with Crippen LogP contribution in [0.2, 0.25) is 0 Å². The Morgan fingerprint density at radius 3 is 1.96 bits per heavy atom. The van der Waals surface area contributed by atoms with Gasteiger partial charge in [0.05, 0.1) is 20.3 Å². The first-order valence-electron chi connectivity index (χ1n) is 13.6. The average Bonchev–Trinajstić information content (AvgIpc) is 3.01. The molecule has 2 aliphatic heterocycles. The molecule has 17 nitrogen and oxygen atoms in total. The van der Waals surface area contributed by atoms with E-state index in [9.17, 15) is 55.9 Å². The molecule has 2 aromatic carbocycles. The quantitative estimate of drug-likeness (QED) is 0.123. The number of benzene rings is 2. The number of fused-ring (bicyclic) bond motifs is 1. The molecule has 2 fully saturated rings. The molecule has 0 unspecified atom stereocenters. The molecule has 10 N–H and O–H groups in total. The van der Waals surface area contributed by atoms with E-state index in [0.717, 1.165) is 6.07 Å². The minimum atomic E-state index is -1.96. The highest BCUT2D eigenvalue weighted by Crippen LogP contribution is 2.43. The molecule has 0 amide bonds. The van der Waals surface area contributed by atoms with Gasteiger partial charge < -0.3 is 79.2 Å². The van der Waals surface area contributed by atoms with E-state index in [2.05, 4.69) is 0 Å². The lowest BCUT2D eigenvalue weighted by atomic mass is 9.97. The van der Waals surface area contributed by atoms with Gasteiger partial charge in [-0.15, -0.1) is 0 Å². The van der Waals surface area contributed by atoms with Crippen LogP contribution < -0.4 is 14.9 Å². The smallest absolute Gasteiger partial charge is 0.239 e. The number of phenols is 3. The Morgan fingerprint density at radius 2 is 1.36 bits per heavy atom. The van der Waals surface area contributed by atoms with Gasteiger partial charge in [0.15, 0.2) is 29.5 Å². The van der Waals surface area contributed by atoms with E-state index in [4.69, 9.17) is 28.1 Å². The average molecular weight is 641 g/mol. The molecule has 0 saturated carbocycles. The van der Waals surface area contributed by atoms with Crippen LogP contribution in [0.3, 0.4) is 0 Å². The minimum Gasteiger partial charge on any atom is -0.508 e. The largest absolute Gasteiger partial charge is 0.508 e. The predicted octanol–water partition coefficient (Wildman–Crippen LogP) is -2.41. The molecule has 2 saturated heterocycles. The number of hydrogen-bond donors (Lipinski definition) is 10. The molecule has 0 bridgehead atoms. The number of hydrogen-bond acceptors (Lipinski definition) is 17. The topological polar surface area (TPSA) is 279 Å². The fourth-order valence-electron chi connectivity index (χ4n) is 5.15. The second kappa shape index (κ2) is 12.9. The van der Waals surface area contributed by atoms with Gasteiger partial charge in [0, 0.05) is 11.6 Å². The third-order valence-corrected chi connectivity index (χ3v) is 7.57. The number of phenolic OH excluding ortho intramolecular Hbond substituents is 3. The zero-order valence-corrected chi connectivity index (χ0v) is 23.4. The lowest BCUT2D eigenvalue weighted by molar-refractivity contribution is -0.358. The monoisotopic (exact) mass is 640 g/mol. The van der Waals surface area contributed by atoms with Crippen molar-refractivity contribution >= 4 is 11.0 Å². The zero-order valence-electron chi connectivity index (χ0n) is 23.4. The van der Waals surface area contributed by atoms with Crippen LogP contribution in [0.15, 0.2) is 39.5 Å². The van der Waals surface area contributed by atoms with Crippen LogP contribution >= 0.6 is 0 Å². The Bertz CT molecular complexity index is 1560. The van der Waals surface area contributed by atoms with Crippen LogP contribution in [0.25, 0.3) is 22.3 Å². The number of aliphatic hydroxyl groups is 7. The maximum absolute atomic E-state index is 13.9. The molecule has 45 heavy (non-hydrogen) atoms. The summed E-state index contributed by atoms with van der Waals surface area (Å²) in [6.45, 7) is -1.65. The number of aromatic hydroxyl groups is 3. The van der Waals surface area contributed by atoms with Crippen molar-refractivity contribution in [1.82, 2.24) is 0 Å². The highest BCUT2D eigenvalue weighted by molar-refractivity contribution is 5.93. The Labute approximate surface area is 252 Å². The third kappa shape index (κ3) is 5.86. The van der Waals surface area contributed by atoms with Gasteiger partial charge in [-0.05, 0) is 24.3 Å². The van der Waals surface area contributed by atoms with Gasteiger partial charge in [0.1, 0.15) is 59.6 Å². The van der Waals surface area contributed by atoms with Crippen LogP contribution in [0.1, 0.15) is 0 Å². The van der Waals surface area contributed by atoms with Crippen LogP contribution in [0.4, 0.5) is 0 Å². The van der Waals surface area contributed by atoms with Gasteiger partial charge in [-0.3, -0.25) is 4.79 Å². The van der Waals surface area contributed by atoms with E-state index in [1.165, 1.54) is 31.4 Å². The molecular formula is C28H32O17. The molecule has 5 rings (SSSR count). The maximum Gasteiger partial charge on any atom is 0.239 e. The van der Waals surface area contributed by atoms with E-state index in [-0.39, 0.29) is 22.8 Å². The van der Waals surface area contributed by atoms with Crippen molar-refractivity contribution in [2.45, 2.75) is 61.4 Å². The van der Waals surface area contributed by atoms with Crippen LogP contribution in [-0.2, 0) is 14.2 Å². The Balaban J connectivity index is 1.63. The summed E-state index contributed by atoms with van der Waals surface area (Å²) in [6.07, 6.45) is -17.9. The van der Waals surface area contributed by atoms with Crippen molar-refractivity contribution in [2.24, 2.45) is 0 Å². The SMILES string of the molecule is COc1c(O)cc(O)c2c(=O)c(O[C@@H]3O[C@H](CO)[C@@H](O)[C@H](O)[C@H]3O[C@H]3O[C@H](CO)[C@@H](O)[C@H](O)[C@H]3O)c(-c3ccc(O)cc3)oc12. The summed E-state index contributed by atoms with van der Waals surface area (Å²) in [5, 5.41) is 102. The molecule has 0 aliphatic carbocycles. The van der Waals surface area contributed by atoms with Crippen molar-refractivity contribution < 1.29 is 79.2 Å². The summed E-state index contributed by atoms with van der Waals surface area (Å²) in [4.78, 5) is 13.9. The van der Waals surface area contributed by atoms with E-state index >= 15 is 0 Å². The number of aliphatic hydroxyl groups excluding tert-OH is 7. The summed E-state index contributed by atoms with van der Waals surface area (Å²) in [5.74, 6) is -2.80. The molecule has 246 valence electrons. The molecule has 17 heteroatoms. The summed E-state index contributed by atoms with van der Waals surface area (Å²) in [7, 11) is 1.18. The summed E-state index contributed by atoms with van der Waals surface area (Å²) in [5.41, 5.74) is -1.32. The van der Waals surface area contributed by atoms with Crippen LogP contribution in [0.5, 0.6) is 28.7 Å². The fourth-order valence-corrected chi connectivity index (χ4v) is 5.15. The second-order valence-electron chi connectivity index (χ2n) is 10.4. The highest BCUT2D eigenvalue weighted by Gasteiger charge is 2.51. The normalized spacial score (nSPS) is 32.0. The van der Waals surface area contributed by atoms with Gasteiger partial charge in [0.2, 0.25) is 23.2 Å². The van der Waals surface area contributed by atoms with Crippen molar-refractivity contribution in [3.63, 3.8) is 0 Å². The molecule has 1 aromatic heterocycles. The number of methoxy groups -OCH3 is 1. The first kappa shape index (κ1) is 32.6. The molecule has 10 atom stereocenters. The van der Waals surface area contributed by atoms with Gasteiger partial charge in [-0.1, -0.05) is 0 Å². The number of ether oxygens (including phenoxy) is 5. The van der Waals surface area contributed by atoms with E-state index in [1.54, 1.807) is 0 Å². The van der Waals surface area contributed by atoms with Crippen molar-refractivity contribution in [2.75, 3.05) is 20.3 Å². The van der Waals surface area contributed by atoms with E-state index < -0.39 is 108 Å². The van der Waals surface area contributed by atoms with Gasteiger partial charge >= 0.3 is 0 Å². The lowest BCUT2D eigenvalue weighted by Gasteiger charge is -2.45. The zero-order chi connectivity index (χ0) is 32.7. The molecule has 3 aromatic rings. The van der Waals surface area contributed by atoms with Gasteiger partial charge in [0.25, 0.3) is 0 Å². The third-order valence-electron chi connectivity index (χ3n) is 7.57. The van der Waals surface area contributed by atoms with Crippen molar-refractivity contribution in [3.05, 3.63) is 40.6 Å². The summed E-state index contributed by atoms with van der Waals surface area (Å²) in [6, 6.07) is 6.00. The van der Waals surface area contributed by atoms with Gasteiger partial charge in [-0.2, -0.15) is 0 Å². The molecule has 3 heterocycles. The highest BCUT2D eigenvalue weighted by atomic mass is 16.8.